The van der Waals surface area contributed by atoms with E-state index in [1.54, 1.807) is 0 Å². The van der Waals surface area contributed by atoms with Crippen molar-refractivity contribution < 1.29 is 0 Å². The monoisotopic (exact) mass is 263 g/mol. The van der Waals surface area contributed by atoms with Crippen molar-refractivity contribution in [2.75, 3.05) is 11.5 Å². The van der Waals surface area contributed by atoms with Crippen molar-refractivity contribution >= 4 is 22.6 Å². The average molecular weight is 263 g/mol. The minimum Gasteiger partial charge on any atom is -0.333 e. The van der Waals surface area contributed by atoms with E-state index >= 15 is 0 Å². The third-order valence-corrected chi connectivity index (χ3v) is 1.77. The molecule has 11 heavy (non-hydrogen) atoms. The van der Waals surface area contributed by atoms with E-state index < -0.39 is 0 Å². The molecule has 1 aromatic carbocycles. The van der Waals surface area contributed by atoms with Crippen LogP contribution in [-0.4, -0.2) is 11.5 Å². The number of hydrogen-bond acceptors (Lipinski definition) is 1. The lowest BCUT2D eigenvalue weighted by Crippen LogP contribution is -1.82. The summed E-state index contributed by atoms with van der Waals surface area (Å²) in [6, 6.07) is 10.6. The first-order chi connectivity index (χ1) is 5.43. The number of alkyl halides is 1. The van der Waals surface area contributed by atoms with Crippen LogP contribution in [-0.2, 0) is 6.42 Å². The average Bonchev–Trinajstić information content (AvgIpc) is 2.11. The van der Waals surface area contributed by atoms with Gasteiger partial charge in [-0.1, -0.05) is 52.9 Å². The molecule has 2 N–H and O–H groups in total. The Kier molecular flexibility index (Phi) is 7.95. The molecule has 1 nitrogen and oxygen atoms in total. The largest absolute Gasteiger partial charge is 0.333 e. The van der Waals surface area contributed by atoms with Crippen LogP contribution in [0.4, 0.5) is 0 Å². The lowest BCUT2D eigenvalue weighted by Gasteiger charge is -1.93. The maximum absolute atomic E-state index is 4.50. The van der Waals surface area contributed by atoms with E-state index in [1.165, 1.54) is 23.5 Å². The third-order valence-electron chi connectivity index (χ3n) is 1.23. The number of rotatable bonds is 2. The molecule has 0 radical (unpaired) electrons. The fraction of sp³-hybridized carbons (Fsp3) is 0.333. The van der Waals surface area contributed by atoms with E-state index in [1.807, 2.05) is 0 Å². The van der Waals surface area contributed by atoms with Crippen LogP contribution in [0.3, 0.4) is 0 Å². The van der Waals surface area contributed by atoms with Gasteiger partial charge in [0.05, 0.1) is 0 Å². The van der Waals surface area contributed by atoms with E-state index in [-0.39, 0.29) is 0 Å². The summed E-state index contributed by atoms with van der Waals surface area (Å²) in [6.45, 7) is 0. The highest BCUT2D eigenvalue weighted by Gasteiger charge is 1.85. The van der Waals surface area contributed by atoms with Crippen LogP contribution in [0.5, 0.6) is 0 Å². The van der Waals surface area contributed by atoms with Gasteiger partial charge in [-0.15, -0.1) is 0 Å². The Balaban J connectivity index is 0.000000461. The van der Waals surface area contributed by atoms with Gasteiger partial charge in [0.15, 0.2) is 0 Å². The lowest BCUT2D eigenvalue weighted by atomic mass is 10.2. The lowest BCUT2D eigenvalue weighted by molar-refractivity contribution is 1.18. The molecule has 0 aliphatic rings. The van der Waals surface area contributed by atoms with E-state index in [9.17, 15) is 0 Å². The van der Waals surface area contributed by atoms with Crippen molar-refractivity contribution in [2.24, 2.45) is 5.73 Å². The van der Waals surface area contributed by atoms with Gasteiger partial charge in [0.2, 0.25) is 0 Å². The predicted octanol–water partition coefficient (Wildman–Crippen LogP) is 2.24. The van der Waals surface area contributed by atoms with Crippen molar-refractivity contribution in [3.8, 4) is 0 Å². The Labute approximate surface area is 82.1 Å². The number of nitrogens with two attached hydrogens (primary N) is 1. The van der Waals surface area contributed by atoms with Gasteiger partial charge in [-0.2, -0.15) is 0 Å². The normalized spacial score (nSPS) is 8.27. The van der Waals surface area contributed by atoms with Crippen LogP contribution in [0.15, 0.2) is 30.3 Å². The van der Waals surface area contributed by atoms with Gasteiger partial charge >= 0.3 is 0 Å². The smallest absolute Gasteiger partial charge is 0.00358 e. The molecule has 0 saturated carbocycles. The Bertz CT molecular complexity index is 162. The second-order valence-corrected chi connectivity index (χ2v) is 3.00. The second kappa shape index (κ2) is 8.01. The zero-order chi connectivity index (χ0) is 8.53. The molecule has 0 unspecified atom stereocenters. The van der Waals surface area contributed by atoms with Crippen LogP contribution in [0.25, 0.3) is 0 Å². The van der Waals surface area contributed by atoms with Crippen LogP contribution in [0, 0.1) is 0 Å². The molecule has 1 rings (SSSR count). The zero-order valence-corrected chi connectivity index (χ0v) is 8.91. The standard InChI is InChI=1S/C8H9I.CH5N/c9-7-6-8-4-2-1-3-5-8;1-2/h1-5H,6-7H2;2H2,1H3. The summed E-state index contributed by atoms with van der Waals surface area (Å²) in [5, 5.41) is 0. The van der Waals surface area contributed by atoms with Gasteiger partial charge < -0.3 is 5.73 Å². The van der Waals surface area contributed by atoms with Crippen LogP contribution in [0.2, 0.25) is 0 Å². The quantitative estimate of drug-likeness (QED) is 0.642. The van der Waals surface area contributed by atoms with Crippen molar-refractivity contribution in [2.45, 2.75) is 6.42 Å². The molecule has 0 aromatic heterocycles. The van der Waals surface area contributed by atoms with Gasteiger partial charge in [0.1, 0.15) is 0 Å². The number of halogens is 1. The topological polar surface area (TPSA) is 26.0 Å². The van der Waals surface area contributed by atoms with Gasteiger partial charge in [0.25, 0.3) is 0 Å². The Morgan fingerprint density at radius 3 is 2.18 bits per heavy atom. The molecule has 0 fully saturated rings. The molecule has 62 valence electrons. The molecule has 0 saturated heterocycles. The highest BCUT2D eigenvalue weighted by Crippen LogP contribution is 2.00. The van der Waals surface area contributed by atoms with Crippen LogP contribution in [0.1, 0.15) is 5.56 Å². The molecular formula is C9H14IN. The van der Waals surface area contributed by atoms with Crippen molar-refractivity contribution in [1.29, 1.82) is 0 Å². The molecule has 0 aliphatic heterocycles. The van der Waals surface area contributed by atoms with E-state index in [4.69, 9.17) is 0 Å². The molecule has 2 heteroatoms. The minimum absolute atomic E-state index is 1.20. The molecular weight excluding hydrogens is 249 g/mol. The second-order valence-electron chi connectivity index (χ2n) is 1.92. The van der Waals surface area contributed by atoms with Gasteiger partial charge in [-0.25, -0.2) is 0 Å². The van der Waals surface area contributed by atoms with E-state index in [0.29, 0.717) is 0 Å². The van der Waals surface area contributed by atoms with Gasteiger partial charge in [-0.05, 0) is 19.0 Å². The van der Waals surface area contributed by atoms with Gasteiger partial charge in [0, 0.05) is 4.43 Å². The first-order valence-electron chi connectivity index (χ1n) is 3.61. The Hall–Kier alpha value is -0.0900. The molecule has 0 spiro atoms. The first kappa shape index (κ1) is 10.9. The molecule has 0 atom stereocenters. The summed E-state index contributed by atoms with van der Waals surface area (Å²) in [4.78, 5) is 0. The Morgan fingerprint density at radius 2 is 1.73 bits per heavy atom. The number of hydrogen-bond donors (Lipinski definition) is 1. The van der Waals surface area contributed by atoms with Crippen LogP contribution < -0.4 is 5.73 Å². The Morgan fingerprint density at radius 1 is 1.18 bits per heavy atom. The number of benzene rings is 1. The van der Waals surface area contributed by atoms with Crippen LogP contribution >= 0.6 is 22.6 Å². The summed E-state index contributed by atoms with van der Waals surface area (Å²) >= 11 is 2.39. The summed E-state index contributed by atoms with van der Waals surface area (Å²) in [5.74, 6) is 0. The zero-order valence-electron chi connectivity index (χ0n) is 6.76. The molecule has 0 aliphatic carbocycles. The summed E-state index contributed by atoms with van der Waals surface area (Å²) < 4.78 is 1.21. The first-order valence-corrected chi connectivity index (χ1v) is 5.13. The maximum atomic E-state index is 4.50. The highest BCUT2D eigenvalue weighted by molar-refractivity contribution is 14.1. The van der Waals surface area contributed by atoms with Crippen molar-refractivity contribution in [3.63, 3.8) is 0 Å². The van der Waals surface area contributed by atoms with Crippen molar-refractivity contribution in [1.82, 2.24) is 0 Å². The van der Waals surface area contributed by atoms with Gasteiger partial charge in [-0.3, -0.25) is 0 Å². The maximum Gasteiger partial charge on any atom is 0.00358 e. The SMILES string of the molecule is CN.ICCc1ccccc1. The van der Waals surface area contributed by atoms with E-state index in [2.05, 4.69) is 58.7 Å². The predicted molar refractivity (Wildman–Crippen MR) is 59.1 cm³/mol. The molecule has 0 bridgehead atoms. The summed E-state index contributed by atoms with van der Waals surface area (Å²) in [5.41, 5.74) is 5.94. The molecule has 1 aromatic rings. The molecule has 0 heterocycles. The van der Waals surface area contributed by atoms with Crippen molar-refractivity contribution in [3.05, 3.63) is 35.9 Å². The third kappa shape index (κ3) is 5.21. The number of aryl methyl sites for hydroxylation is 1. The summed E-state index contributed by atoms with van der Waals surface area (Å²) in [7, 11) is 1.50. The minimum atomic E-state index is 1.20. The fourth-order valence-electron chi connectivity index (χ4n) is 0.754. The van der Waals surface area contributed by atoms with E-state index in [0.717, 1.165) is 0 Å². The fourth-order valence-corrected chi connectivity index (χ4v) is 1.38. The highest BCUT2D eigenvalue weighted by atomic mass is 127. The molecule has 0 amide bonds. The summed E-state index contributed by atoms with van der Waals surface area (Å²) in [6.07, 6.45) is 1.20.